The fourth-order valence-electron chi connectivity index (χ4n) is 3.67. The summed E-state index contributed by atoms with van der Waals surface area (Å²) >= 11 is 0. The van der Waals surface area contributed by atoms with Gasteiger partial charge in [0.05, 0.1) is 5.56 Å². The lowest BCUT2D eigenvalue weighted by Gasteiger charge is -2.26. The molecule has 1 aliphatic rings. The third kappa shape index (κ3) is 3.93. The van der Waals surface area contributed by atoms with Crippen LogP contribution in [0.1, 0.15) is 35.2 Å². The lowest BCUT2D eigenvalue weighted by Crippen LogP contribution is -2.29. The van der Waals surface area contributed by atoms with Crippen molar-refractivity contribution in [2.45, 2.75) is 25.8 Å². The average Bonchev–Trinajstić information content (AvgIpc) is 3.19. The van der Waals surface area contributed by atoms with Gasteiger partial charge in [-0.05, 0) is 55.8 Å². The number of rotatable bonds is 5. The Morgan fingerprint density at radius 1 is 1.04 bits per heavy atom. The molecule has 1 aromatic heterocycles. The highest BCUT2D eigenvalue weighted by Crippen LogP contribution is 2.23. The number of nitrogens with zero attached hydrogens (tertiary/aromatic N) is 3. The summed E-state index contributed by atoms with van der Waals surface area (Å²) in [5.41, 5.74) is 3.54. The minimum Gasteiger partial charge on any atom is -0.478 e. The summed E-state index contributed by atoms with van der Waals surface area (Å²) in [7, 11) is 0. The number of carbonyl (C=O) groups is 1. The van der Waals surface area contributed by atoms with Gasteiger partial charge in [0.1, 0.15) is 5.82 Å². The number of hydrogen-bond donors (Lipinski definition) is 1. The van der Waals surface area contributed by atoms with E-state index in [1.54, 1.807) is 30.5 Å². The highest BCUT2D eigenvalue weighted by molar-refractivity contribution is 5.88. The second kappa shape index (κ2) is 7.76. The molecule has 0 aliphatic carbocycles. The van der Waals surface area contributed by atoms with Crippen molar-refractivity contribution in [2.75, 3.05) is 13.1 Å². The maximum atomic E-state index is 11.1. The Morgan fingerprint density at radius 3 is 2.56 bits per heavy atom. The molecule has 0 bridgehead atoms. The number of carboxylic acids is 1. The van der Waals surface area contributed by atoms with E-state index in [4.69, 9.17) is 5.11 Å². The number of likely N-dealkylation sites (tertiary alicyclic amines) is 1. The lowest BCUT2D eigenvalue weighted by atomic mass is 10.1. The van der Waals surface area contributed by atoms with Crippen molar-refractivity contribution >= 4 is 5.97 Å². The van der Waals surface area contributed by atoms with Crippen molar-refractivity contribution in [1.29, 1.82) is 0 Å². The fourth-order valence-corrected chi connectivity index (χ4v) is 3.67. The smallest absolute Gasteiger partial charge is 0.335 e. The molecule has 0 radical (unpaired) electrons. The third-order valence-corrected chi connectivity index (χ3v) is 5.07. The van der Waals surface area contributed by atoms with Crippen LogP contribution in [0.25, 0.3) is 17.1 Å². The van der Waals surface area contributed by atoms with Crippen molar-refractivity contribution in [3.05, 3.63) is 72.1 Å². The van der Waals surface area contributed by atoms with E-state index >= 15 is 0 Å². The van der Waals surface area contributed by atoms with Gasteiger partial charge in [-0.1, -0.05) is 30.7 Å². The van der Waals surface area contributed by atoms with Crippen molar-refractivity contribution in [1.82, 2.24) is 14.5 Å². The van der Waals surface area contributed by atoms with Gasteiger partial charge in [-0.15, -0.1) is 0 Å². The predicted molar refractivity (Wildman–Crippen MR) is 105 cm³/mol. The Balaban J connectivity index is 1.60. The van der Waals surface area contributed by atoms with Crippen LogP contribution in [-0.2, 0) is 6.54 Å². The molecule has 4 rings (SSSR count). The van der Waals surface area contributed by atoms with Gasteiger partial charge < -0.3 is 5.11 Å². The van der Waals surface area contributed by atoms with Crippen molar-refractivity contribution in [3.63, 3.8) is 0 Å². The minimum absolute atomic E-state index is 0.278. The molecular formula is C22H23N3O2. The van der Waals surface area contributed by atoms with Gasteiger partial charge in [0.15, 0.2) is 0 Å². The van der Waals surface area contributed by atoms with Crippen LogP contribution < -0.4 is 0 Å². The zero-order chi connectivity index (χ0) is 18.6. The molecular weight excluding hydrogens is 338 g/mol. The Labute approximate surface area is 158 Å². The first kappa shape index (κ1) is 17.5. The molecule has 5 heteroatoms. The van der Waals surface area contributed by atoms with Crippen molar-refractivity contribution in [3.8, 4) is 17.1 Å². The summed E-state index contributed by atoms with van der Waals surface area (Å²) < 4.78 is 2.05. The fraction of sp³-hybridized carbons (Fsp3) is 0.273. The molecule has 0 atom stereocenters. The first-order valence-electron chi connectivity index (χ1n) is 9.39. The molecule has 2 aromatic carbocycles. The van der Waals surface area contributed by atoms with E-state index in [0.717, 1.165) is 23.6 Å². The second-order valence-corrected chi connectivity index (χ2v) is 7.01. The van der Waals surface area contributed by atoms with E-state index in [1.807, 2.05) is 6.20 Å². The highest BCUT2D eigenvalue weighted by Gasteiger charge is 2.12. The summed E-state index contributed by atoms with van der Waals surface area (Å²) in [5.74, 6) is -0.114. The largest absolute Gasteiger partial charge is 0.478 e. The van der Waals surface area contributed by atoms with Gasteiger partial charge in [0, 0.05) is 30.2 Å². The maximum Gasteiger partial charge on any atom is 0.335 e. The summed E-state index contributed by atoms with van der Waals surface area (Å²) in [5, 5.41) is 9.08. The molecule has 3 aromatic rings. The first-order chi connectivity index (χ1) is 13.2. The number of piperidine rings is 1. The van der Waals surface area contributed by atoms with E-state index in [2.05, 4.69) is 38.7 Å². The van der Waals surface area contributed by atoms with Crippen LogP contribution in [-0.4, -0.2) is 38.6 Å². The highest BCUT2D eigenvalue weighted by atomic mass is 16.4. The molecule has 0 unspecified atom stereocenters. The number of aromatic nitrogens is 2. The van der Waals surface area contributed by atoms with E-state index in [-0.39, 0.29) is 5.56 Å². The van der Waals surface area contributed by atoms with Gasteiger partial charge in [0.2, 0.25) is 0 Å². The lowest BCUT2D eigenvalue weighted by molar-refractivity contribution is 0.0697. The summed E-state index contributed by atoms with van der Waals surface area (Å²) in [6.45, 7) is 3.33. The molecule has 1 saturated heterocycles. The monoisotopic (exact) mass is 361 g/mol. The van der Waals surface area contributed by atoms with Crippen LogP contribution >= 0.6 is 0 Å². The number of imidazole rings is 1. The van der Waals surface area contributed by atoms with Crippen LogP contribution in [0.5, 0.6) is 0 Å². The van der Waals surface area contributed by atoms with Crippen LogP contribution in [0.15, 0.2) is 60.9 Å². The third-order valence-electron chi connectivity index (χ3n) is 5.07. The van der Waals surface area contributed by atoms with E-state index in [9.17, 15) is 4.79 Å². The van der Waals surface area contributed by atoms with Gasteiger partial charge in [-0.3, -0.25) is 9.47 Å². The minimum atomic E-state index is -0.921. The Bertz CT molecular complexity index is 925. The van der Waals surface area contributed by atoms with Crippen LogP contribution in [0, 0.1) is 0 Å². The average molecular weight is 361 g/mol. The Morgan fingerprint density at radius 2 is 1.81 bits per heavy atom. The number of aromatic carboxylic acids is 1. The standard InChI is InChI=1S/C22H23N3O2/c26-22(27)19-9-7-18(8-10-19)21-23-11-14-25(21)20-6-4-5-17(15-20)16-24-12-2-1-3-13-24/h4-11,14-15H,1-3,12-13,16H2,(H,26,27). The topological polar surface area (TPSA) is 58.4 Å². The normalized spacial score (nSPS) is 15.0. The zero-order valence-corrected chi connectivity index (χ0v) is 15.2. The summed E-state index contributed by atoms with van der Waals surface area (Å²) in [6, 6.07) is 15.4. The van der Waals surface area contributed by atoms with Crippen molar-refractivity contribution in [2.24, 2.45) is 0 Å². The zero-order valence-electron chi connectivity index (χ0n) is 15.2. The maximum absolute atomic E-state index is 11.1. The van der Waals surface area contributed by atoms with Crippen LogP contribution in [0.2, 0.25) is 0 Å². The van der Waals surface area contributed by atoms with E-state index in [1.165, 1.54) is 37.9 Å². The first-order valence-corrected chi connectivity index (χ1v) is 9.39. The SMILES string of the molecule is O=C(O)c1ccc(-c2nccn2-c2cccc(CN3CCCCC3)c2)cc1. The van der Waals surface area contributed by atoms with Gasteiger partial charge in [-0.2, -0.15) is 0 Å². The van der Waals surface area contributed by atoms with Crippen molar-refractivity contribution < 1.29 is 9.90 Å². The molecule has 0 saturated carbocycles. The predicted octanol–water partition coefficient (Wildman–Crippen LogP) is 4.22. The number of hydrogen-bond acceptors (Lipinski definition) is 3. The molecule has 0 spiro atoms. The second-order valence-electron chi connectivity index (χ2n) is 7.01. The van der Waals surface area contributed by atoms with E-state index < -0.39 is 5.97 Å². The molecule has 1 N–H and O–H groups in total. The number of benzene rings is 2. The van der Waals surface area contributed by atoms with E-state index in [0.29, 0.717) is 0 Å². The molecule has 1 aliphatic heterocycles. The molecule has 2 heterocycles. The molecule has 5 nitrogen and oxygen atoms in total. The number of carboxylic acid groups (broad SMARTS) is 1. The van der Waals surface area contributed by atoms with Gasteiger partial charge in [0.25, 0.3) is 0 Å². The summed E-state index contributed by atoms with van der Waals surface area (Å²) in [4.78, 5) is 18.1. The Kier molecular flexibility index (Phi) is 5.03. The van der Waals surface area contributed by atoms with Gasteiger partial charge in [-0.25, -0.2) is 9.78 Å². The molecule has 1 fully saturated rings. The Hall–Kier alpha value is -2.92. The van der Waals surface area contributed by atoms with Crippen LogP contribution in [0.4, 0.5) is 0 Å². The molecule has 138 valence electrons. The van der Waals surface area contributed by atoms with Gasteiger partial charge >= 0.3 is 5.97 Å². The quantitative estimate of drug-likeness (QED) is 0.739. The molecule has 0 amide bonds. The summed E-state index contributed by atoms with van der Waals surface area (Å²) in [6.07, 6.45) is 7.64. The molecule has 27 heavy (non-hydrogen) atoms. The van der Waals surface area contributed by atoms with Crippen LogP contribution in [0.3, 0.4) is 0 Å².